The van der Waals surface area contributed by atoms with E-state index in [0.717, 1.165) is 25.1 Å². The predicted molar refractivity (Wildman–Crippen MR) is 103 cm³/mol. The number of halogens is 1. The second-order valence-electron chi connectivity index (χ2n) is 6.86. The molecule has 1 aliphatic rings. The van der Waals surface area contributed by atoms with Crippen LogP contribution in [0.25, 0.3) is 11.3 Å². The quantitative estimate of drug-likeness (QED) is 0.497. The standard InChI is InChI=1S/C22H21N3O2.ClH/c1-16(26)17-9-11-19(12-10-17)23-21(27)15-24-14-20(18-6-3-2-4-7-18)25-13-5-8-22(24)25;/h2-4,6-7,9-12,14H,5,8,13,15H2,1H3;1H. The van der Waals surface area contributed by atoms with Gasteiger partial charge in [-0.05, 0) is 37.6 Å². The Morgan fingerprint density at radius 2 is 1.79 bits per heavy atom. The molecule has 0 aliphatic carbocycles. The molecule has 4 rings (SSSR count). The lowest BCUT2D eigenvalue weighted by atomic mass is 10.1. The molecule has 0 saturated carbocycles. The summed E-state index contributed by atoms with van der Waals surface area (Å²) < 4.78 is 4.36. The van der Waals surface area contributed by atoms with Gasteiger partial charge in [-0.15, -0.1) is 0 Å². The summed E-state index contributed by atoms with van der Waals surface area (Å²) in [6, 6.07) is 17.3. The first-order valence-electron chi connectivity index (χ1n) is 9.20. The number of hydrogen-bond acceptors (Lipinski definition) is 2. The Labute approximate surface area is 170 Å². The minimum atomic E-state index is -0.0736. The SMILES string of the molecule is CC(=O)c1ccc(NC(=O)C[n+]2cc(-c3ccccc3)n3c2CCC3)cc1.[Cl-]. The number of rotatable bonds is 5. The van der Waals surface area contributed by atoms with Crippen molar-refractivity contribution in [1.29, 1.82) is 0 Å². The van der Waals surface area contributed by atoms with E-state index < -0.39 is 0 Å². The fourth-order valence-electron chi connectivity index (χ4n) is 3.63. The van der Waals surface area contributed by atoms with Crippen LogP contribution in [0.5, 0.6) is 0 Å². The summed E-state index contributed by atoms with van der Waals surface area (Å²) in [5.41, 5.74) is 3.66. The van der Waals surface area contributed by atoms with Crippen LogP contribution in [-0.4, -0.2) is 16.3 Å². The van der Waals surface area contributed by atoms with Crippen LogP contribution in [-0.2, 0) is 24.3 Å². The molecular weight excluding hydrogens is 374 g/mol. The first-order valence-corrected chi connectivity index (χ1v) is 9.20. The van der Waals surface area contributed by atoms with Gasteiger partial charge in [-0.2, -0.15) is 0 Å². The van der Waals surface area contributed by atoms with Crippen LogP contribution in [0.4, 0.5) is 5.69 Å². The summed E-state index contributed by atoms with van der Waals surface area (Å²) in [6.07, 6.45) is 4.15. The van der Waals surface area contributed by atoms with Crippen LogP contribution >= 0.6 is 0 Å². The van der Waals surface area contributed by atoms with Gasteiger partial charge in [0.05, 0.1) is 13.0 Å². The van der Waals surface area contributed by atoms with E-state index in [1.54, 1.807) is 24.3 Å². The summed E-state index contributed by atoms with van der Waals surface area (Å²) in [4.78, 5) is 23.9. The molecule has 1 N–H and O–H groups in total. The average Bonchev–Trinajstić information content (AvgIpc) is 3.27. The number of carbonyl (C=O) groups is 2. The van der Waals surface area contributed by atoms with Crippen molar-refractivity contribution in [1.82, 2.24) is 4.57 Å². The van der Waals surface area contributed by atoms with Gasteiger partial charge in [0.25, 0.3) is 11.7 Å². The number of aromatic nitrogens is 2. The van der Waals surface area contributed by atoms with Crippen molar-refractivity contribution in [3.05, 3.63) is 72.2 Å². The zero-order chi connectivity index (χ0) is 18.8. The summed E-state index contributed by atoms with van der Waals surface area (Å²) in [7, 11) is 0. The van der Waals surface area contributed by atoms with Gasteiger partial charge in [-0.1, -0.05) is 30.3 Å². The lowest BCUT2D eigenvalue weighted by molar-refractivity contribution is -0.690. The van der Waals surface area contributed by atoms with E-state index in [0.29, 0.717) is 11.3 Å². The number of nitrogens with zero attached hydrogens (tertiary/aromatic N) is 2. The molecule has 144 valence electrons. The number of fused-ring (bicyclic) bond motifs is 1. The third-order valence-corrected chi connectivity index (χ3v) is 4.95. The zero-order valence-electron chi connectivity index (χ0n) is 15.7. The van der Waals surface area contributed by atoms with E-state index in [4.69, 9.17) is 0 Å². The number of amides is 1. The second kappa shape index (κ2) is 8.40. The molecule has 1 aromatic heterocycles. The predicted octanol–water partition coefficient (Wildman–Crippen LogP) is 0.234. The highest BCUT2D eigenvalue weighted by atomic mass is 35.5. The molecule has 5 nitrogen and oxygen atoms in total. The molecule has 0 spiro atoms. The Bertz CT molecular complexity index is 995. The maximum absolute atomic E-state index is 12.5. The Morgan fingerprint density at radius 3 is 2.46 bits per heavy atom. The third-order valence-electron chi connectivity index (χ3n) is 4.95. The zero-order valence-corrected chi connectivity index (χ0v) is 16.4. The fourth-order valence-corrected chi connectivity index (χ4v) is 3.63. The molecule has 0 unspecified atom stereocenters. The normalized spacial score (nSPS) is 12.2. The van der Waals surface area contributed by atoms with Crippen molar-refractivity contribution in [2.75, 3.05) is 5.32 Å². The first-order chi connectivity index (χ1) is 13.1. The highest BCUT2D eigenvalue weighted by Crippen LogP contribution is 2.24. The molecule has 2 aromatic carbocycles. The molecule has 2 heterocycles. The van der Waals surface area contributed by atoms with Gasteiger partial charge in [0.15, 0.2) is 18.0 Å². The van der Waals surface area contributed by atoms with Crippen LogP contribution in [0, 0.1) is 0 Å². The van der Waals surface area contributed by atoms with Crippen LogP contribution < -0.4 is 22.3 Å². The van der Waals surface area contributed by atoms with Crippen LogP contribution in [0.2, 0.25) is 0 Å². The Kier molecular flexibility index (Phi) is 5.95. The van der Waals surface area contributed by atoms with Crippen molar-refractivity contribution in [3.8, 4) is 11.3 Å². The van der Waals surface area contributed by atoms with E-state index in [9.17, 15) is 9.59 Å². The third kappa shape index (κ3) is 3.99. The van der Waals surface area contributed by atoms with Crippen molar-refractivity contribution in [2.45, 2.75) is 32.9 Å². The van der Waals surface area contributed by atoms with Crippen LogP contribution in [0.3, 0.4) is 0 Å². The number of hydrogen-bond donors (Lipinski definition) is 1. The smallest absolute Gasteiger partial charge is 0.266 e. The Balaban J connectivity index is 0.00000225. The summed E-state index contributed by atoms with van der Waals surface area (Å²) in [5, 5.41) is 2.92. The monoisotopic (exact) mass is 395 g/mol. The van der Waals surface area contributed by atoms with Gasteiger partial charge in [0, 0.05) is 16.8 Å². The molecule has 28 heavy (non-hydrogen) atoms. The van der Waals surface area contributed by atoms with Crippen molar-refractivity contribution >= 4 is 17.4 Å². The van der Waals surface area contributed by atoms with E-state index >= 15 is 0 Å². The topological polar surface area (TPSA) is 55.0 Å². The van der Waals surface area contributed by atoms with E-state index in [1.807, 2.05) is 18.2 Å². The van der Waals surface area contributed by atoms with E-state index in [1.165, 1.54) is 18.3 Å². The largest absolute Gasteiger partial charge is 1.00 e. The molecule has 0 saturated heterocycles. The highest BCUT2D eigenvalue weighted by molar-refractivity contribution is 5.95. The Morgan fingerprint density at radius 1 is 1.07 bits per heavy atom. The molecule has 1 aliphatic heterocycles. The van der Waals surface area contributed by atoms with Gasteiger partial charge in [-0.3, -0.25) is 9.59 Å². The number of benzene rings is 2. The fraction of sp³-hybridized carbons (Fsp3) is 0.227. The average molecular weight is 396 g/mol. The lowest BCUT2D eigenvalue weighted by Gasteiger charge is -2.05. The summed E-state index contributed by atoms with van der Waals surface area (Å²) >= 11 is 0. The van der Waals surface area contributed by atoms with Crippen molar-refractivity contribution in [3.63, 3.8) is 0 Å². The van der Waals surface area contributed by atoms with E-state index in [-0.39, 0.29) is 30.6 Å². The molecule has 1 amide bonds. The molecule has 0 bridgehead atoms. The van der Waals surface area contributed by atoms with Gasteiger partial charge < -0.3 is 17.7 Å². The van der Waals surface area contributed by atoms with Crippen molar-refractivity contribution < 1.29 is 26.6 Å². The number of Topliss-reactive ketones (excluding diaryl/α,β-unsaturated/α-hetero) is 1. The minimum absolute atomic E-state index is 0. The number of ketones is 1. The van der Waals surface area contributed by atoms with E-state index in [2.05, 4.69) is 32.8 Å². The molecule has 6 heteroatoms. The van der Waals surface area contributed by atoms with Gasteiger partial charge >= 0.3 is 0 Å². The Hall–Kier alpha value is -2.92. The van der Waals surface area contributed by atoms with Gasteiger partial charge in [0.2, 0.25) is 0 Å². The van der Waals surface area contributed by atoms with Crippen LogP contribution in [0.1, 0.15) is 29.5 Å². The number of nitrogens with one attached hydrogen (secondary N) is 1. The maximum atomic E-state index is 12.5. The minimum Gasteiger partial charge on any atom is -1.00 e. The number of imidazole rings is 1. The molecule has 3 aromatic rings. The molecule has 0 atom stereocenters. The van der Waals surface area contributed by atoms with Gasteiger partial charge in [0.1, 0.15) is 6.20 Å². The second-order valence-corrected chi connectivity index (χ2v) is 6.86. The maximum Gasteiger partial charge on any atom is 0.266 e. The number of anilines is 1. The molecular formula is C22H22ClN3O2. The first kappa shape index (κ1) is 19.8. The number of carbonyl (C=O) groups excluding carboxylic acids is 2. The highest BCUT2D eigenvalue weighted by Gasteiger charge is 2.29. The van der Waals surface area contributed by atoms with Crippen molar-refractivity contribution in [2.24, 2.45) is 0 Å². The molecule has 0 fully saturated rings. The summed E-state index contributed by atoms with van der Waals surface area (Å²) in [6.45, 7) is 2.79. The van der Waals surface area contributed by atoms with Gasteiger partial charge in [-0.25, -0.2) is 9.13 Å². The van der Waals surface area contributed by atoms with Crippen LogP contribution in [0.15, 0.2) is 60.8 Å². The molecule has 0 radical (unpaired) electrons. The lowest BCUT2D eigenvalue weighted by Crippen LogP contribution is -3.00. The summed E-state index contributed by atoms with van der Waals surface area (Å²) in [5.74, 6) is 1.13.